The lowest BCUT2D eigenvalue weighted by Gasteiger charge is -2.02. The van der Waals surface area contributed by atoms with Crippen molar-refractivity contribution in [2.45, 2.75) is 96.3 Å². The normalized spacial score (nSPS) is 10.5. The molecular weight excluding hydrogens is 248 g/mol. The van der Waals surface area contributed by atoms with Gasteiger partial charge in [0.2, 0.25) is 0 Å². The molecule has 0 aromatic carbocycles. The maximum absolute atomic E-state index is 5.23. The summed E-state index contributed by atoms with van der Waals surface area (Å²) in [4.78, 5) is 0. The Balaban J connectivity index is 2.90. The lowest BCUT2D eigenvalue weighted by molar-refractivity contribution is 0.537. The number of rotatable bonds is 15. The lowest BCUT2D eigenvalue weighted by atomic mass is 10.0. The van der Waals surface area contributed by atoms with Gasteiger partial charge in [0.05, 0.1) is 0 Å². The van der Waals surface area contributed by atoms with Gasteiger partial charge in [0.25, 0.3) is 0 Å². The molecule has 1 heteroatoms. The van der Waals surface area contributed by atoms with Gasteiger partial charge in [-0.05, 0) is 18.6 Å². The summed E-state index contributed by atoms with van der Waals surface area (Å²) >= 11 is 4.23. The first-order valence-electron chi connectivity index (χ1n) is 8.46. The van der Waals surface area contributed by atoms with Crippen LogP contribution >= 0.6 is 12.6 Å². The van der Waals surface area contributed by atoms with Crippen LogP contribution in [-0.2, 0) is 0 Å². The van der Waals surface area contributed by atoms with E-state index in [1.807, 2.05) is 0 Å². The molecule has 0 aliphatic rings. The molecule has 0 heterocycles. The highest BCUT2D eigenvalue weighted by Crippen LogP contribution is 2.13. The van der Waals surface area contributed by atoms with E-state index >= 15 is 0 Å². The van der Waals surface area contributed by atoms with Crippen molar-refractivity contribution in [2.24, 2.45) is 0 Å². The van der Waals surface area contributed by atoms with E-state index in [9.17, 15) is 0 Å². The third-order valence-electron chi connectivity index (χ3n) is 3.73. The van der Waals surface area contributed by atoms with Crippen LogP contribution in [-0.4, -0.2) is 5.75 Å². The molecule has 112 valence electrons. The van der Waals surface area contributed by atoms with Crippen molar-refractivity contribution in [2.75, 3.05) is 5.75 Å². The van der Waals surface area contributed by atoms with E-state index in [2.05, 4.69) is 18.5 Å². The molecule has 0 saturated heterocycles. The zero-order valence-electron chi connectivity index (χ0n) is 12.8. The van der Waals surface area contributed by atoms with Crippen molar-refractivity contribution < 1.29 is 0 Å². The van der Waals surface area contributed by atoms with E-state index in [-0.39, 0.29) is 0 Å². The molecular formula is C18H34S. The first-order chi connectivity index (χ1) is 9.41. The van der Waals surface area contributed by atoms with Gasteiger partial charge in [0, 0.05) is 6.42 Å². The predicted octanol–water partition coefficient (Wildman–Crippen LogP) is 6.40. The Kier molecular flexibility index (Phi) is 17.8. The average Bonchev–Trinajstić information content (AvgIpc) is 2.43. The first-order valence-corrected chi connectivity index (χ1v) is 9.09. The summed E-state index contributed by atoms with van der Waals surface area (Å²) in [5.41, 5.74) is 0. The summed E-state index contributed by atoms with van der Waals surface area (Å²) < 4.78 is 0. The smallest absolute Gasteiger partial charge is 0.00860 e. The largest absolute Gasteiger partial charge is 0.179 e. The molecule has 0 saturated carbocycles. The lowest BCUT2D eigenvalue weighted by Crippen LogP contribution is -1.83. The third kappa shape index (κ3) is 17.9. The molecule has 0 unspecified atom stereocenters. The Morgan fingerprint density at radius 3 is 1.16 bits per heavy atom. The summed E-state index contributed by atoms with van der Waals surface area (Å²) in [5, 5.41) is 0. The van der Waals surface area contributed by atoms with Gasteiger partial charge >= 0.3 is 0 Å². The van der Waals surface area contributed by atoms with E-state index < -0.39 is 0 Å². The van der Waals surface area contributed by atoms with Crippen LogP contribution < -0.4 is 0 Å². The summed E-state index contributed by atoms with van der Waals surface area (Å²) in [5.74, 6) is 3.77. The number of terminal acetylenes is 1. The van der Waals surface area contributed by atoms with Gasteiger partial charge in [0.1, 0.15) is 0 Å². The summed E-state index contributed by atoms with van der Waals surface area (Å²) in [6.07, 6.45) is 25.7. The predicted molar refractivity (Wildman–Crippen MR) is 91.9 cm³/mol. The Morgan fingerprint density at radius 1 is 0.526 bits per heavy atom. The fourth-order valence-electron chi connectivity index (χ4n) is 2.46. The van der Waals surface area contributed by atoms with Crippen molar-refractivity contribution >= 4 is 12.6 Å². The molecule has 0 amide bonds. The molecule has 0 bridgehead atoms. The van der Waals surface area contributed by atoms with Crippen LogP contribution in [0.4, 0.5) is 0 Å². The molecule has 19 heavy (non-hydrogen) atoms. The first kappa shape index (κ1) is 18.9. The Morgan fingerprint density at radius 2 is 0.842 bits per heavy atom. The second kappa shape index (κ2) is 17.9. The van der Waals surface area contributed by atoms with E-state index in [0.717, 1.165) is 12.2 Å². The van der Waals surface area contributed by atoms with Crippen LogP contribution in [0.1, 0.15) is 96.3 Å². The highest BCUT2D eigenvalue weighted by atomic mass is 32.1. The SMILES string of the molecule is C#CCCCCCCCCCCCCCCCCS. The summed E-state index contributed by atoms with van der Waals surface area (Å²) in [7, 11) is 0. The van der Waals surface area contributed by atoms with Crippen molar-refractivity contribution in [3.8, 4) is 12.3 Å². The van der Waals surface area contributed by atoms with E-state index in [0.29, 0.717) is 0 Å². The quantitative estimate of drug-likeness (QED) is 0.200. The highest BCUT2D eigenvalue weighted by molar-refractivity contribution is 7.80. The molecule has 0 radical (unpaired) electrons. The van der Waals surface area contributed by atoms with Gasteiger partial charge in [-0.3, -0.25) is 0 Å². The number of hydrogen-bond acceptors (Lipinski definition) is 1. The maximum atomic E-state index is 5.23. The van der Waals surface area contributed by atoms with Crippen molar-refractivity contribution in [3.63, 3.8) is 0 Å². The third-order valence-corrected chi connectivity index (χ3v) is 4.05. The van der Waals surface area contributed by atoms with E-state index in [4.69, 9.17) is 6.42 Å². The molecule has 0 fully saturated rings. The molecule has 0 spiro atoms. The molecule has 0 aromatic rings. The van der Waals surface area contributed by atoms with Gasteiger partial charge in [-0.15, -0.1) is 12.3 Å². The fourth-order valence-corrected chi connectivity index (χ4v) is 2.68. The van der Waals surface area contributed by atoms with E-state index in [1.54, 1.807) is 0 Å². The van der Waals surface area contributed by atoms with Gasteiger partial charge in [-0.2, -0.15) is 12.6 Å². The number of hydrogen-bond donors (Lipinski definition) is 1. The minimum absolute atomic E-state index is 0.966. The Labute approximate surface area is 127 Å². The van der Waals surface area contributed by atoms with Crippen molar-refractivity contribution in [1.29, 1.82) is 0 Å². The molecule has 0 rings (SSSR count). The second-order valence-corrected chi connectivity index (χ2v) is 6.07. The number of unbranched alkanes of at least 4 members (excludes halogenated alkanes) is 14. The van der Waals surface area contributed by atoms with Gasteiger partial charge in [-0.1, -0.05) is 77.0 Å². The average molecular weight is 283 g/mol. The molecule has 0 aromatic heterocycles. The summed E-state index contributed by atoms with van der Waals surface area (Å²) in [6, 6.07) is 0. The van der Waals surface area contributed by atoms with Crippen LogP contribution in [0.2, 0.25) is 0 Å². The highest BCUT2D eigenvalue weighted by Gasteiger charge is 1.93. The van der Waals surface area contributed by atoms with Gasteiger partial charge in [0.15, 0.2) is 0 Å². The minimum atomic E-state index is 0.966. The fraction of sp³-hybridized carbons (Fsp3) is 0.889. The van der Waals surface area contributed by atoms with Gasteiger partial charge < -0.3 is 0 Å². The molecule has 0 aliphatic heterocycles. The van der Waals surface area contributed by atoms with Crippen LogP contribution in [0, 0.1) is 12.3 Å². The van der Waals surface area contributed by atoms with Crippen LogP contribution in [0.5, 0.6) is 0 Å². The molecule has 0 aliphatic carbocycles. The van der Waals surface area contributed by atoms with Crippen molar-refractivity contribution in [1.82, 2.24) is 0 Å². The maximum Gasteiger partial charge on any atom is 0.00860 e. The second-order valence-electron chi connectivity index (χ2n) is 5.63. The van der Waals surface area contributed by atoms with Gasteiger partial charge in [-0.25, -0.2) is 0 Å². The van der Waals surface area contributed by atoms with Crippen LogP contribution in [0.3, 0.4) is 0 Å². The molecule has 0 N–H and O–H groups in total. The van der Waals surface area contributed by atoms with Crippen LogP contribution in [0.25, 0.3) is 0 Å². The standard InChI is InChI=1S/C18H34S/c1-2-3-4-5-6-7-8-9-10-11-12-13-14-15-16-17-18-19/h1,19H,3-18H2. The zero-order valence-corrected chi connectivity index (χ0v) is 13.7. The summed E-state index contributed by atoms with van der Waals surface area (Å²) in [6.45, 7) is 0. The van der Waals surface area contributed by atoms with E-state index in [1.165, 1.54) is 89.9 Å². The monoisotopic (exact) mass is 282 g/mol. The Bertz CT molecular complexity index is 192. The zero-order chi connectivity index (χ0) is 14.0. The Hall–Kier alpha value is -0.0900. The topological polar surface area (TPSA) is 0 Å². The number of thiol groups is 1. The van der Waals surface area contributed by atoms with Crippen LogP contribution in [0.15, 0.2) is 0 Å². The minimum Gasteiger partial charge on any atom is -0.179 e. The molecule has 0 atom stereocenters. The molecule has 0 nitrogen and oxygen atoms in total. The van der Waals surface area contributed by atoms with Crippen molar-refractivity contribution in [3.05, 3.63) is 0 Å².